The number of benzene rings is 13. The number of nitrogens with zero attached hydrogens (tertiary/aromatic N) is 6. The molecule has 6 nitrogen and oxygen atoms in total. The minimum atomic E-state index is -3.44. The normalized spacial score (nSPS) is 11.4. The van der Waals surface area contributed by atoms with Crippen molar-refractivity contribution in [2.24, 2.45) is 0 Å². The van der Waals surface area contributed by atoms with Crippen molar-refractivity contribution in [2.45, 2.75) is 0 Å². The Labute approximate surface area is 506 Å². The number of para-hydroxylation sites is 6. The van der Waals surface area contributed by atoms with Crippen LogP contribution in [0, 0.1) is 22.7 Å². The van der Waals surface area contributed by atoms with Gasteiger partial charge in [0.25, 0.3) is 0 Å². The molecule has 15 aromatic rings. The van der Waals surface area contributed by atoms with Gasteiger partial charge in [0.1, 0.15) is 12.1 Å². The van der Waals surface area contributed by atoms with Crippen molar-refractivity contribution < 1.29 is 0 Å². The molecule has 2 aromatic heterocycles. The second-order valence-electron chi connectivity index (χ2n) is 21.8. The summed E-state index contributed by atoms with van der Waals surface area (Å²) in [5.41, 5.74) is 14.8. The molecule has 0 saturated heterocycles. The Morgan fingerprint density at radius 2 is 0.621 bits per heavy atom. The molecule has 13 aromatic carbocycles. The molecule has 0 aliphatic carbocycles. The predicted octanol–water partition coefficient (Wildman–Crippen LogP) is 17.6. The SMILES string of the molecule is N#Cc1ccc(-c2cc(-n3c4ccccc4c4cc(N(c5ccccc5)c5ccccc5)ccc43)c(-n3c4ccccc4c4cc(N(c5ccccc5)c5ccccc5)ccc43)cc2[Si-](c2ccccc2)(c2ccccc2)c2ccccc2)cc1C#N. The number of nitriles is 2. The van der Waals surface area contributed by atoms with Gasteiger partial charge in [0.15, 0.2) is 0 Å². The number of hydrogen-bond acceptors (Lipinski definition) is 4. The van der Waals surface area contributed by atoms with Crippen LogP contribution in [0.1, 0.15) is 11.1 Å². The van der Waals surface area contributed by atoms with Crippen molar-refractivity contribution in [2.75, 3.05) is 9.80 Å². The molecule has 0 amide bonds. The molecule has 0 aliphatic heterocycles. The maximum absolute atomic E-state index is 10.9. The first-order valence-electron chi connectivity index (χ1n) is 29.3. The van der Waals surface area contributed by atoms with Crippen LogP contribution in [0.5, 0.6) is 0 Å². The van der Waals surface area contributed by atoms with Gasteiger partial charge in [-0.2, -0.15) is 31.3 Å². The number of aromatic nitrogens is 2. The van der Waals surface area contributed by atoms with Gasteiger partial charge in [-0.05, 0) is 134 Å². The van der Waals surface area contributed by atoms with E-state index >= 15 is 0 Å². The summed E-state index contributed by atoms with van der Waals surface area (Å²) in [6.45, 7) is 0. The van der Waals surface area contributed by atoms with Crippen LogP contribution in [-0.4, -0.2) is 17.2 Å². The first-order chi connectivity index (χ1) is 43.1. The van der Waals surface area contributed by atoms with E-state index in [2.05, 4.69) is 340 Å². The van der Waals surface area contributed by atoms with Crippen LogP contribution in [-0.2, 0) is 0 Å². The average Bonchev–Trinajstić information content (AvgIpc) is 1.76. The highest BCUT2D eigenvalue weighted by molar-refractivity contribution is 7.20. The summed E-state index contributed by atoms with van der Waals surface area (Å²) >= 11 is 0. The fourth-order valence-corrected chi connectivity index (χ4v) is 18.3. The largest absolute Gasteiger partial charge is 0.310 e. The minimum Gasteiger partial charge on any atom is -0.310 e. The summed E-state index contributed by atoms with van der Waals surface area (Å²) in [6, 6.07) is 122. The molecule has 0 atom stereocenters. The first kappa shape index (κ1) is 52.1. The second kappa shape index (κ2) is 22.1. The van der Waals surface area contributed by atoms with Crippen LogP contribution < -0.4 is 30.5 Å². The molecule has 0 saturated carbocycles. The number of anilines is 6. The van der Waals surface area contributed by atoms with E-state index in [1.165, 1.54) is 15.6 Å². The Morgan fingerprint density at radius 3 is 1.01 bits per heavy atom. The molecule has 15 rings (SSSR count). The van der Waals surface area contributed by atoms with Gasteiger partial charge in [-0.3, -0.25) is 0 Å². The van der Waals surface area contributed by atoms with E-state index < -0.39 is 8.07 Å². The van der Waals surface area contributed by atoms with Gasteiger partial charge in [-0.1, -0.05) is 212 Å². The van der Waals surface area contributed by atoms with Gasteiger partial charge in [-0.15, -0.1) is 0 Å². The van der Waals surface area contributed by atoms with E-state index in [-0.39, 0.29) is 0 Å². The van der Waals surface area contributed by atoms with Crippen LogP contribution in [0.3, 0.4) is 0 Å². The molecule has 7 heteroatoms. The lowest BCUT2D eigenvalue weighted by Gasteiger charge is -2.49. The number of fused-ring (bicyclic) bond motifs is 6. The number of rotatable bonds is 13. The van der Waals surface area contributed by atoms with Crippen LogP contribution in [0.15, 0.2) is 328 Å². The molecule has 0 radical (unpaired) electrons. The van der Waals surface area contributed by atoms with Crippen LogP contribution >= 0.6 is 0 Å². The van der Waals surface area contributed by atoms with Crippen molar-refractivity contribution in [3.63, 3.8) is 0 Å². The fraction of sp³-hybridized carbons (Fsp3) is 0. The summed E-state index contributed by atoms with van der Waals surface area (Å²) in [6.07, 6.45) is 0. The van der Waals surface area contributed by atoms with E-state index in [1.54, 1.807) is 0 Å². The predicted molar refractivity (Wildman–Crippen MR) is 363 cm³/mol. The van der Waals surface area contributed by atoms with E-state index in [9.17, 15) is 10.5 Å². The molecule has 409 valence electrons. The average molecular weight is 1130 g/mol. The maximum atomic E-state index is 10.9. The molecular weight excluding hydrogens is 1070 g/mol. The Morgan fingerprint density at radius 1 is 0.276 bits per heavy atom. The van der Waals surface area contributed by atoms with E-state index in [4.69, 9.17) is 0 Å². The lowest BCUT2D eigenvalue weighted by atomic mass is 9.98. The van der Waals surface area contributed by atoms with Gasteiger partial charge in [0.2, 0.25) is 0 Å². The monoisotopic (exact) mass is 1130 g/mol. The van der Waals surface area contributed by atoms with Gasteiger partial charge >= 0.3 is 0 Å². The van der Waals surface area contributed by atoms with Crippen molar-refractivity contribution in [3.05, 3.63) is 339 Å². The van der Waals surface area contributed by atoms with Crippen LogP contribution in [0.2, 0.25) is 0 Å². The third kappa shape index (κ3) is 8.85. The van der Waals surface area contributed by atoms with Crippen molar-refractivity contribution in [3.8, 4) is 34.6 Å². The molecule has 2 heterocycles. The lowest BCUT2D eigenvalue weighted by Crippen LogP contribution is -2.75. The molecule has 87 heavy (non-hydrogen) atoms. The summed E-state index contributed by atoms with van der Waals surface area (Å²) < 4.78 is 4.95. The zero-order valence-corrected chi connectivity index (χ0v) is 48.4. The van der Waals surface area contributed by atoms with Crippen molar-refractivity contribution in [1.29, 1.82) is 10.5 Å². The fourth-order valence-electron chi connectivity index (χ4n) is 13.3. The van der Waals surface area contributed by atoms with Crippen molar-refractivity contribution >= 4 is 107 Å². The zero-order chi connectivity index (χ0) is 58.3. The van der Waals surface area contributed by atoms with Crippen LogP contribution in [0.4, 0.5) is 34.1 Å². The summed E-state index contributed by atoms with van der Waals surface area (Å²) in [7, 11) is -3.44. The van der Waals surface area contributed by atoms with Gasteiger partial charge < -0.3 is 18.9 Å². The highest BCUT2D eigenvalue weighted by Gasteiger charge is 2.33. The van der Waals surface area contributed by atoms with Crippen LogP contribution in [0.25, 0.3) is 66.1 Å². The topological polar surface area (TPSA) is 63.9 Å². The Hall–Kier alpha value is -11.7. The Kier molecular flexibility index (Phi) is 13.2. The summed E-state index contributed by atoms with van der Waals surface area (Å²) in [5, 5.41) is 30.5. The van der Waals surface area contributed by atoms with E-state index in [0.29, 0.717) is 11.1 Å². The molecular formula is C80H54N6Si-. The zero-order valence-electron chi connectivity index (χ0n) is 47.4. The molecule has 0 N–H and O–H groups in total. The maximum Gasteiger partial charge on any atom is 0.101 e. The molecule has 0 fully saturated rings. The number of hydrogen-bond donors (Lipinski definition) is 0. The van der Waals surface area contributed by atoms with Gasteiger partial charge in [0.05, 0.1) is 44.6 Å². The highest BCUT2D eigenvalue weighted by atomic mass is 28.3. The third-order valence-electron chi connectivity index (χ3n) is 17.1. The quantitative estimate of drug-likeness (QED) is 0.0852. The first-order valence-corrected chi connectivity index (χ1v) is 31.3. The smallest absolute Gasteiger partial charge is 0.101 e. The minimum absolute atomic E-state index is 0.321. The summed E-state index contributed by atoms with van der Waals surface area (Å²) in [5.74, 6) is 0. The van der Waals surface area contributed by atoms with Gasteiger partial charge in [0, 0.05) is 55.7 Å². The third-order valence-corrected chi connectivity index (χ3v) is 21.9. The van der Waals surface area contributed by atoms with Crippen molar-refractivity contribution in [1.82, 2.24) is 9.13 Å². The van der Waals surface area contributed by atoms with Gasteiger partial charge in [-0.25, -0.2) is 0 Å². The summed E-state index contributed by atoms with van der Waals surface area (Å²) in [4.78, 5) is 4.66. The Balaban J connectivity index is 1.11. The highest BCUT2D eigenvalue weighted by Crippen LogP contribution is 2.45. The molecule has 0 spiro atoms. The molecule has 0 aliphatic rings. The second-order valence-corrected chi connectivity index (χ2v) is 25.6. The van der Waals surface area contributed by atoms with E-state index in [1.807, 2.05) is 18.2 Å². The Bertz CT molecular complexity index is 4940. The standard InChI is InChI=1S/C80H54N6Si/c81-55-58-45-44-57(50-59(58)56-82)71-53-78(85-74-42-24-22-40-69(74)72-51-64(46-48-76(72)85)83(60-26-8-1-9-27-60)61-28-10-2-11-29-61)79(54-80(71)87(66-34-16-5-17-35-66,67-36-18-6-19-37-67)68-38-20-7-21-39-68)86-75-43-25-23-41-70(75)73-52-65(47-49-77(73)86)84(62-30-12-3-13-31-62)63-32-14-4-15-33-63/h1-54H/q-1. The van der Waals surface area contributed by atoms with E-state index in [0.717, 1.165) is 105 Å². The molecule has 0 unspecified atom stereocenters. The molecule has 0 bridgehead atoms. The lowest BCUT2D eigenvalue weighted by molar-refractivity contribution is 1.10.